The molecular weight excluding hydrogens is 300 g/mol. The second kappa shape index (κ2) is 5.67. The van der Waals surface area contributed by atoms with Crippen LogP contribution in [0.4, 0.5) is 5.69 Å². The number of benzene rings is 2. The lowest BCUT2D eigenvalue weighted by Gasteiger charge is -2.38. The van der Waals surface area contributed by atoms with Crippen LogP contribution in [0, 0.1) is 0 Å². The van der Waals surface area contributed by atoms with Gasteiger partial charge in [-0.15, -0.1) is 0 Å². The lowest BCUT2D eigenvalue weighted by Crippen LogP contribution is -2.48. The Morgan fingerprint density at radius 1 is 1.17 bits per heavy atom. The van der Waals surface area contributed by atoms with Gasteiger partial charge in [-0.05, 0) is 30.3 Å². The largest absolute Gasteiger partial charge is 0.378 e. The number of anilines is 1. The molecule has 0 saturated carbocycles. The Labute approximate surface area is 140 Å². The highest BCUT2D eigenvalue weighted by Crippen LogP contribution is 2.28. The van der Waals surface area contributed by atoms with Crippen molar-refractivity contribution in [2.24, 2.45) is 0 Å². The molecular formula is C19H20N4O. The van der Waals surface area contributed by atoms with Crippen LogP contribution >= 0.6 is 0 Å². The first-order valence-electron chi connectivity index (χ1n) is 8.13. The monoisotopic (exact) mass is 320 g/mol. The fraction of sp³-hybridized carbons (Fsp3) is 0.263. The third kappa shape index (κ3) is 2.52. The smallest absolute Gasteiger partial charge is 0.253 e. The molecule has 1 aliphatic heterocycles. The Balaban J connectivity index is 1.47. The van der Waals surface area contributed by atoms with Crippen molar-refractivity contribution >= 4 is 22.6 Å². The van der Waals surface area contributed by atoms with Crippen LogP contribution in [0.2, 0.25) is 0 Å². The Morgan fingerprint density at radius 2 is 1.96 bits per heavy atom. The molecule has 2 aromatic carbocycles. The maximum atomic E-state index is 12.6. The SMILES string of the molecule is CN(C)c1cccc(C(=O)N2CC(c3nc4ccccc4[nH]3)C2)c1. The van der Waals surface area contributed by atoms with Crippen LogP contribution in [0.15, 0.2) is 48.5 Å². The molecule has 0 bridgehead atoms. The van der Waals surface area contributed by atoms with Gasteiger partial charge in [-0.25, -0.2) is 4.98 Å². The van der Waals surface area contributed by atoms with Gasteiger partial charge in [0.1, 0.15) is 5.82 Å². The summed E-state index contributed by atoms with van der Waals surface area (Å²) in [6.07, 6.45) is 0. The topological polar surface area (TPSA) is 52.2 Å². The first-order valence-corrected chi connectivity index (χ1v) is 8.13. The number of para-hydroxylation sites is 2. The van der Waals surface area contributed by atoms with Crippen LogP contribution in [-0.4, -0.2) is 48.0 Å². The summed E-state index contributed by atoms with van der Waals surface area (Å²) >= 11 is 0. The number of likely N-dealkylation sites (tertiary alicyclic amines) is 1. The Hall–Kier alpha value is -2.82. The van der Waals surface area contributed by atoms with E-state index >= 15 is 0 Å². The molecule has 5 nitrogen and oxygen atoms in total. The second-order valence-corrected chi connectivity index (χ2v) is 6.49. The van der Waals surface area contributed by atoms with E-state index < -0.39 is 0 Å². The van der Waals surface area contributed by atoms with E-state index in [1.807, 2.05) is 72.4 Å². The number of hydrogen-bond acceptors (Lipinski definition) is 3. The molecule has 0 unspecified atom stereocenters. The van der Waals surface area contributed by atoms with E-state index in [-0.39, 0.29) is 5.91 Å². The zero-order valence-corrected chi connectivity index (χ0v) is 13.9. The molecule has 3 aromatic rings. The summed E-state index contributed by atoms with van der Waals surface area (Å²) in [7, 11) is 3.95. The Bertz CT molecular complexity index is 860. The third-order valence-electron chi connectivity index (χ3n) is 4.57. The van der Waals surface area contributed by atoms with Crippen molar-refractivity contribution < 1.29 is 4.79 Å². The number of nitrogens with one attached hydrogen (secondary N) is 1. The summed E-state index contributed by atoms with van der Waals surface area (Å²) in [4.78, 5) is 24.5. The predicted molar refractivity (Wildman–Crippen MR) is 95.5 cm³/mol. The number of imidazole rings is 1. The van der Waals surface area contributed by atoms with E-state index in [1.54, 1.807) is 0 Å². The van der Waals surface area contributed by atoms with Crippen LogP contribution < -0.4 is 4.90 Å². The average Bonchev–Trinajstić information content (AvgIpc) is 2.96. The number of rotatable bonds is 3. The summed E-state index contributed by atoms with van der Waals surface area (Å²) in [6.45, 7) is 1.43. The Morgan fingerprint density at radius 3 is 2.71 bits per heavy atom. The van der Waals surface area contributed by atoms with Crippen molar-refractivity contribution in [1.82, 2.24) is 14.9 Å². The minimum atomic E-state index is 0.0889. The highest BCUT2D eigenvalue weighted by atomic mass is 16.2. The standard InChI is InChI=1S/C19H20N4O/c1-22(2)15-7-5-6-13(10-15)19(24)23-11-14(12-23)18-20-16-8-3-4-9-17(16)21-18/h3-10,14H,11-12H2,1-2H3,(H,20,21). The molecule has 0 radical (unpaired) electrons. The lowest BCUT2D eigenvalue weighted by atomic mass is 9.98. The summed E-state index contributed by atoms with van der Waals surface area (Å²) in [6, 6.07) is 15.8. The van der Waals surface area contributed by atoms with Crippen molar-refractivity contribution in [2.45, 2.75) is 5.92 Å². The fourth-order valence-electron chi connectivity index (χ4n) is 3.08. The van der Waals surface area contributed by atoms with Gasteiger partial charge in [-0.2, -0.15) is 0 Å². The molecule has 24 heavy (non-hydrogen) atoms. The van der Waals surface area contributed by atoms with Gasteiger partial charge in [-0.1, -0.05) is 18.2 Å². The number of amides is 1. The molecule has 4 rings (SSSR count). The van der Waals surface area contributed by atoms with Crippen LogP contribution in [0.5, 0.6) is 0 Å². The van der Waals surface area contributed by atoms with E-state index in [4.69, 9.17) is 0 Å². The van der Waals surface area contributed by atoms with Gasteiger partial charge in [0.15, 0.2) is 0 Å². The van der Waals surface area contributed by atoms with Crippen LogP contribution in [0.1, 0.15) is 22.1 Å². The zero-order chi connectivity index (χ0) is 16.7. The number of fused-ring (bicyclic) bond motifs is 1. The molecule has 5 heteroatoms. The second-order valence-electron chi connectivity index (χ2n) is 6.49. The molecule has 1 fully saturated rings. The van der Waals surface area contributed by atoms with Gasteiger partial charge >= 0.3 is 0 Å². The van der Waals surface area contributed by atoms with Gasteiger partial charge in [0, 0.05) is 38.4 Å². The minimum Gasteiger partial charge on any atom is -0.378 e. The van der Waals surface area contributed by atoms with Crippen LogP contribution in [0.3, 0.4) is 0 Å². The number of nitrogens with zero attached hydrogens (tertiary/aromatic N) is 3. The molecule has 122 valence electrons. The summed E-state index contributed by atoms with van der Waals surface area (Å²) in [5.41, 5.74) is 3.81. The molecule has 0 atom stereocenters. The van der Waals surface area contributed by atoms with Crippen molar-refractivity contribution in [3.05, 3.63) is 59.9 Å². The lowest BCUT2D eigenvalue weighted by molar-refractivity contribution is 0.0596. The molecule has 1 aromatic heterocycles. The van der Waals surface area contributed by atoms with E-state index in [1.165, 1.54) is 0 Å². The van der Waals surface area contributed by atoms with Crippen molar-refractivity contribution in [3.63, 3.8) is 0 Å². The zero-order valence-electron chi connectivity index (χ0n) is 13.9. The van der Waals surface area contributed by atoms with Gasteiger partial charge in [0.25, 0.3) is 5.91 Å². The van der Waals surface area contributed by atoms with Gasteiger partial charge in [-0.3, -0.25) is 4.79 Å². The molecule has 1 saturated heterocycles. The predicted octanol–water partition coefficient (Wildman–Crippen LogP) is 2.87. The Kier molecular flexibility index (Phi) is 3.49. The fourth-order valence-corrected chi connectivity index (χ4v) is 3.08. The molecule has 0 spiro atoms. The van der Waals surface area contributed by atoms with E-state index in [9.17, 15) is 4.79 Å². The normalized spacial score (nSPS) is 14.7. The number of aromatic amines is 1. The molecule has 1 N–H and O–H groups in total. The molecule has 1 amide bonds. The van der Waals surface area contributed by atoms with Gasteiger partial charge in [0.2, 0.25) is 0 Å². The number of carbonyl (C=O) groups excluding carboxylic acids is 1. The third-order valence-corrected chi connectivity index (χ3v) is 4.57. The first-order chi connectivity index (χ1) is 11.6. The number of carbonyl (C=O) groups is 1. The van der Waals surface area contributed by atoms with E-state index in [0.717, 1.165) is 28.1 Å². The van der Waals surface area contributed by atoms with Gasteiger partial charge < -0.3 is 14.8 Å². The maximum absolute atomic E-state index is 12.6. The first kappa shape index (κ1) is 14.8. The maximum Gasteiger partial charge on any atom is 0.253 e. The molecule has 1 aliphatic rings. The summed E-state index contributed by atoms with van der Waals surface area (Å²) < 4.78 is 0. The number of aromatic nitrogens is 2. The minimum absolute atomic E-state index is 0.0889. The van der Waals surface area contributed by atoms with E-state index in [0.29, 0.717) is 19.0 Å². The van der Waals surface area contributed by atoms with Crippen LogP contribution in [-0.2, 0) is 0 Å². The quantitative estimate of drug-likeness (QED) is 0.807. The summed E-state index contributed by atoms with van der Waals surface area (Å²) in [5, 5.41) is 0. The van der Waals surface area contributed by atoms with Crippen LogP contribution in [0.25, 0.3) is 11.0 Å². The number of H-pyrrole nitrogens is 1. The van der Waals surface area contributed by atoms with Crippen molar-refractivity contribution in [1.29, 1.82) is 0 Å². The highest BCUT2D eigenvalue weighted by Gasteiger charge is 2.34. The van der Waals surface area contributed by atoms with Crippen molar-refractivity contribution in [2.75, 3.05) is 32.1 Å². The summed E-state index contributed by atoms with van der Waals surface area (Å²) in [5.74, 6) is 1.35. The molecule has 2 heterocycles. The molecule has 0 aliphatic carbocycles. The van der Waals surface area contributed by atoms with Crippen molar-refractivity contribution in [3.8, 4) is 0 Å². The number of hydrogen-bond donors (Lipinski definition) is 1. The van der Waals surface area contributed by atoms with Gasteiger partial charge in [0.05, 0.1) is 17.0 Å². The van der Waals surface area contributed by atoms with E-state index in [2.05, 4.69) is 9.97 Å². The average molecular weight is 320 g/mol. The highest BCUT2D eigenvalue weighted by molar-refractivity contribution is 5.95.